The molecule has 13 heavy (non-hydrogen) atoms. The summed E-state index contributed by atoms with van der Waals surface area (Å²) in [7, 11) is 0. The molecule has 0 spiro atoms. The van der Waals surface area contributed by atoms with Crippen LogP contribution in [0, 0.1) is 0 Å². The zero-order chi connectivity index (χ0) is 9.73. The lowest BCUT2D eigenvalue weighted by Crippen LogP contribution is -2.30. The van der Waals surface area contributed by atoms with Crippen molar-refractivity contribution in [3.05, 3.63) is 0 Å². The van der Waals surface area contributed by atoms with E-state index >= 15 is 0 Å². The van der Waals surface area contributed by atoms with Crippen molar-refractivity contribution in [2.45, 2.75) is 51.6 Å². The van der Waals surface area contributed by atoms with Gasteiger partial charge in [0.15, 0.2) is 0 Å². The molecule has 1 saturated heterocycles. The van der Waals surface area contributed by atoms with Gasteiger partial charge in [0, 0.05) is 6.54 Å². The maximum Gasteiger partial charge on any atom is 0.0657 e. The normalized spacial score (nSPS) is 31.6. The van der Waals surface area contributed by atoms with Crippen LogP contribution in [0.3, 0.4) is 0 Å². The van der Waals surface area contributed by atoms with E-state index in [4.69, 9.17) is 0 Å². The summed E-state index contributed by atoms with van der Waals surface area (Å²) in [4.78, 5) is 2.48. The van der Waals surface area contributed by atoms with E-state index in [-0.39, 0.29) is 5.60 Å². The van der Waals surface area contributed by atoms with Gasteiger partial charge >= 0.3 is 0 Å². The van der Waals surface area contributed by atoms with Crippen molar-refractivity contribution in [3.8, 4) is 0 Å². The summed E-state index contributed by atoms with van der Waals surface area (Å²) in [6.45, 7) is 7.76. The maximum atomic E-state index is 10.1. The third-order valence-electron chi connectivity index (χ3n) is 3.21. The predicted molar refractivity (Wildman–Crippen MR) is 55.8 cm³/mol. The molecule has 0 aromatic carbocycles. The summed E-state index contributed by atoms with van der Waals surface area (Å²) < 4.78 is 0. The molecule has 0 aromatic heterocycles. The molecule has 1 atom stereocenters. The molecule has 2 heteroatoms. The minimum absolute atomic E-state index is 0.359. The lowest BCUT2D eigenvalue weighted by Gasteiger charge is -2.25. The third-order valence-corrected chi connectivity index (χ3v) is 3.21. The van der Waals surface area contributed by atoms with Crippen LogP contribution in [0.4, 0.5) is 0 Å². The second kappa shape index (κ2) is 4.97. The average molecular weight is 185 g/mol. The first kappa shape index (κ1) is 11.0. The summed E-state index contributed by atoms with van der Waals surface area (Å²) in [6, 6.07) is 0. The van der Waals surface area contributed by atoms with Gasteiger partial charge in [-0.2, -0.15) is 0 Å². The predicted octanol–water partition coefficient (Wildman–Crippen LogP) is 2.02. The van der Waals surface area contributed by atoms with E-state index in [9.17, 15) is 5.11 Å². The summed E-state index contributed by atoms with van der Waals surface area (Å²) in [5, 5.41) is 10.1. The van der Waals surface area contributed by atoms with E-state index in [0.29, 0.717) is 0 Å². The van der Waals surface area contributed by atoms with Crippen LogP contribution in [0.1, 0.15) is 46.0 Å². The summed E-state index contributed by atoms with van der Waals surface area (Å²) in [5.41, 5.74) is -0.359. The fourth-order valence-corrected chi connectivity index (χ4v) is 2.13. The molecule has 0 saturated carbocycles. The van der Waals surface area contributed by atoms with Crippen LogP contribution in [0.25, 0.3) is 0 Å². The second-order valence-corrected chi connectivity index (χ2v) is 4.27. The first-order valence-corrected chi connectivity index (χ1v) is 5.65. The van der Waals surface area contributed by atoms with Crippen LogP contribution < -0.4 is 0 Å². The summed E-state index contributed by atoms with van der Waals surface area (Å²) >= 11 is 0. The molecule has 0 radical (unpaired) electrons. The SMILES string of the molecule is CCCN1CCCC(O)(CC)CC1. The number of hydrogen-bond donors (Lipinski definition) is 1. The van der Waals surface area contributed by atoms with Gasteiger partial charge in [-0.25, -0.2) is 0 Å². The van der Waals surface area contributed by atoms with Gasteiger partial charge in [-0.05, 0) is 45.2 Å². The quantitative estimate of drug-likeness (QED) is 0.727. The van der Waals surface area contributed by atoms with Crippen LogP contribution in [-0.2, 0) is 0 Å². The zero-order valence-electron chi connectivity index (χ0n) is 9.05. The van der Waals surface area contributed by atoms with Crippen LogP contribution in [0.2, 0.25) is 0 Å². The van der Waals surface area contributed by atoms with Gasteiger partial charge in [0.05, 0.1) is 5.60 Å². The molecular weight excluding hydrogens is 162 g/mol. The Morgan fingerprint density at radius 3 is 2.62 bits per heavy atom. The highest BCUT2D eigenvalue weighted by Gasteiger charge is 2.27. The topological polar surface area (TPSA) is 23.5 Å². The molecule has 1 aliphatic heterocycles. The second-order valence-electron chi connectivity index (χ2n) is 4.27. The van der Waals surface area contributed by atoms with Gasteiger partial charge in [-0.3, -0.25) is 0 Å². The van der Waals surface area contributed by atoms with Crippen molar-refractivity contribution < 1.29 is 5.11 Å². The molecule has 1 aliphatic rings. The molecule has 78 valence electrons. The fourth-order valence-electron chi connectivity index (χ4n) is 2.13. The highest BCUT2D eigenvalue weighted by molar-refractivity contribution is 4.81. The molecule has 1 N–H and O–H groups in total. The lowest BCUT2D eigenvalue weighted by molar-refractivity contribution is 0.0216. The lowest BCUT2D eigenvalue weighted by atomic mass is 9.92. The maximum absolute atomic E-state index is 10.1. The Hall–Kier alpha value is -0.0800. The molecule has 0 amide bonds. The molecule has 1 rings (SSSR count). The zero-order valence-corrected chi connectivity index (χ0v) is 9.05. The van der Waals surface area contributed by atoms with Crippen LogP contribution in [0.15, 0.2) is 0 Å². The number of rotatable bonds is 3. The van der Waals surface area contributed by atoms with Crippen molar-refractivity contribution in [1.82, 2.24) is 4.90 Å². The van der Waals surface area contributed by atoms with Crippen molar-refractivity contribution in [1.29, 1.82) is 0 Å². The van der Waals surface area contributed by atoms with Crippen molar-refractivity contribution in [2.75, 3.05) is 19.6 Å². The smallest absolute Gasteiger partial charge is 0.0657 e. The minimum atomic E-state index is -0.359. The number of hydrogen-bond acceptors (Lipinski definition) is 2. The number of likely N-dealkylation sites (tertiary alicyclic amines) is 1. The molecule has 1 unspecified atom stereocenters. The van der Waals surface area contributed by atoms with Gasteiger partial charge in [-0.1, -0.05) is 13.8 Å². The first-order valence-electron chi connectivity index (χ1n) is 5.65. The van der Waals surface area contributed by atoms with E-state index in [0.717, 1.165) is 32.2 Å². The summed E-state index contributed by atoms with van der Waals surface area (Å²) in [6.07, 6.45) is 5.25. The standard InChI is InChI=1S/C11H23NO/c1-3-8-12-9-5-6-11(13,4-2)7-10-12/h13H,3-10H2,1-2H3. The molecule has 0 aromatic rings. The molecule has 2 nitrogen and oxygen atoms in total. The van der Waals surface area contributed by atoms with E-state index in [1.165, 1.54) is 19.5 Å². The Bertz CT molecular complexity index is 149. The first-order chi connectivity index (χ1) is 6.20. The van der Waals surface area contributed by atoms with Crippen LogP contribution >= 0.6 is 0 Å². The van der Waals surface area contributed by atoms with E-state index in [1.807, 2.05) is 0 Å². The van der Waals surface area contributed by atoms with Crippen molar-refractivity contribution in [2.24, 2.45) is 0 Å². The minimum Gasteiger partial charge on any atom is -0.390 e. The third kappa shape index (κ3) is 3.28. The highest BCUT2D eigenvalue weighted by Crippen LogP contribution is 2.25. The van der Waals surface area contributed by atoms with E-state index < -0.39 is 0 Å². The van der Waals surface area contributed by atoms with E-state index in [2.05, 4.69) is 18.7 Å². The largest absolute Gasteiger partial charge is 0.390 e. The van der Waals surface area contributed by atoms with Crippen molar-refractivity contribution >= 4 is 0 Å². The highest BCUT2D eigenvalue weighted by atomic mass is 16.3. The van der Waals surface area contributed by atoms with Crippen LogP contribution in [-0.4, -0.2) is 35.2 Å². The molecule has 0 bridgehead atoms. The number of nitrogens with zero attached hydrogens (tertiary/aromatic N) is 1. The fraction of sp³-hybridized carbons (Fsp3) is 1.00. The summed E-state index contributed by atoms with van der Waals surface area (Å²) in [5.74, 6) is 0. The Kier molecular flexibility index (Phi) is 4.20. The van der Waals surface area contributed by atoms with Gasteiger partial charge in [0.1, 0.15) is 0 Å². The van der Waals surface area contributed by atoms with Crippen LogP contribution in [0.5, 0.6) is 0 Å². The Labute approximate surface area is 81.9 Å². The molecule has 0 aliphatic carbocycles. The number of aliphatic hydroxyl groups is 1. The Balaban J connectivity index is 2.39. The van der Waals surface area contributed by atoms with Crippen molar-refractivity contribution in [3.63, 3.8) is 0 Å². The van der Waals surface area contributed by atoms with E-state index in [1.54, 1.807) is 0 Å². The molecule has 1 heterocycles. The Morgan fingerprint density at radius 2 is 2.00 bits per heavy atom. The van der Waals surface area contributed by atoms with Gasteiger partial charge < -0.3 is 10.0 Å². The molecule has 1 fully saturated rings. The van der Waals surface area contributed by atoms with Gasteiger partial charge in [0.25, 0.3) is 0 Å². The Morgan fingerprint density at radius 1 is 1.23 bits per heavy atom. The average Bonchev–Trinajstić information content (AvgIpc) is 2.31. The van der Waals surface area contributed by atoms with Gasteiger partial charge in [0.2, 0.25) is 0 Å². The monoisotopic (exact) mass is 185 g/mol. The van der Waals surface area contributed by atoms with Gasteiger partial charge in [-0.15, -0.1) is 0 Å². The molecular formula is C11H23NO.